The second-order valence-electron chi connectivity index (χ2n) is 17.3. The van der Waals surface area contributed by atoms with Crippen molar-refractivity contribution in [3.63, 3.8) is 0 Å². The Hall–Kier alpha value is -6.88. The maximum absolute atomic E-state index is 15.6. The van der Waals surface area contributed by atoms with E-state index in [1.54, 1.807) is 35.6 Å². The minimum Gasteiger partial charge on any atom is -0.376 e. The van der Waals surface area contributed by atoms with Crippen LogP contribution in [0.2, 0.25) is 0 Å². The Balaban J connectivity index is 1.10. The molecule has 2 amide bonds. The summed E-state index contributed by atoms with van der Waals surface area (Å²) in [7, 11) is 0. The van der Waals surface area contributed by atoms with E-state index in [0.717, 1.165) is 33.9 Å². The van der Waals surface area contributed by atoms with Crippen molar-refractivity contribution in [3.8, 4) is 17.2 Å². The van der Waals surface area contributed by atoms with Crippen LogP contribution in [0.25, 0.3) is 28.1 Å². The number of fused-ring (bicyclic) bond motifs is 2. The molecule has 318 valence electrons. The average Bonchev–Trinajstić information content (AvgIpc) is 3.51. The van der Waals surface area contributed by atoms with Crippen molar-refractivity contribution in [2.45, 2.75) is 83.4 Å². The lowest BCUT2D eigenvalue weighted by Gasteiger charge is -2.35. The molecule has 10 rings (SSSR count). The first-order valence-corrected chi connectivity index (χ1v) is 20.6. The number of hydrogen-bond acceptors (Lipinski definition) is 8. The van der Waals surface area contributed by atoms with Gasteiger partial charge in [-0.25, -0.2) is 23.1 Å². The number of amides is 2. The van der Waals surface area contributed by atoms with Gasteiger partial charge in [0.1, 0.15) is 22.9 Å². The topological polar surface area (TPSA) is 181 Å². The molecule has 17 heteroatoms. The number of imidazole rings is 1. The Morgan fingerprint density at radius 1 is 0.968 bits per heavy atom. The number of rotatable bonds is 8. The quantitative estimate of drug-likeness (QED) is 0.191. The van der Waals surface area contributed by atoms with Crippen LogP contribution in [0.4, 0.5) is 8.78 Å². The Kier molecular flexibility index (Phi) is 8.92. The molecule has 7 aromatic rings. The van der Waals surface area contributed by atoms with Crippen LogP contribution in [-0.4, -0.2) is 69.1 Å². The molecule has 3 aromatic carbocycles. The van der Waals surface area contributed by atoms with Gasteiger partial charge >= 0.3 is 11.4 Å². The third-order valence-corrected chi connectivity index (χ3v) is 12.7. The van der Waals surface area contributed by atoms with E-state index in [1.165, 1.54) is 35.2 Å². The summed E-state index contributed by atoms with van der Waals surface area (Å²) in [6.45, 7) is 8.43. The van der Waals surface area contributed by atoms with Gasteiger partial charge in [-0.1, -0.05) is 17.3 Å². The summed E-state index contributed by atoms with van der Waals surface area (Å²) < 4.78 is 47.5. The molecule has 1 saturated carbocycles. The van der Waals surface area contributed by atoms with Crippen molar-refractivity contribution in [3.05, 3.63) is 145 Å². The third kappa shape index (κ3) is 6.24. The van der Waals surface area contributed by atoms with E-state index < -0.39 is 28.7 Å². The molecule has 3 aliphatic rings. The number of aromatic amines is 1. The molecule has 2 fully saturated rings. The lowest BCUT2D eigenvalue weighted by atomic mass is 9.83. The average molecular weight is 844 g/mol. The maximum Gasteiger partial charge on any atom is 0.438 e. The summed E-state index contributed by atoms with van der Waals surface area (Å²) in [5.41, 5.74) is 7.81. The van der Waals surface area contributed by atoms with Gasteiger partial charge in [-0.05, 0) is 118 Å². The summed E-state index contributed by atoms with van der Waals surface area (Å²) in [4.78, 5) is 58.3. The normalized spacial score (nSPS) is 18.0. The standard InChI is InChI=1S/C45H43F2N9O6/c1-24-18-29(19-25(2)36(24)46)56-39(54-16-15-53(43(54)60)34-7-5-6-30(37(34)47)38(48)57)31-23-52(14-10-32(31)50-56)40(58)35-21-28-20-26(27-11-17-61-44(3,4)22-27)8-9-33(28)55(35)45(12-13-45)41-49-42(59)62-51-41/h5-9,15-16,18-21,27H,10-14,17,22-23H2,1-4H3,(H2,48,57)(H,49,51,59)/t27-/m0/s1. The van der Waals surface area contributed by atoms with Crippen LogP contribution in [0.15, 0.2) is 81.1 Å². The zero-order valence-electron chi connectivity index (χ0n) is 34.5. The number of carbonyl (C=O) groups is 2. The largest absolute Gasteiger partial charge is 0.438 e. The van der Waals surface area contributed by atoms with Crippen molar-refractivity contribution in [2.24, 2.45) is 5.73 Å². The molecule has 6 heterocycles. The van der Waals surface area contributed by atoms with Gasteiger partial charge in [-0.15, -0.1) is 0 Å². The van der Waals surface area contributed by atoms with E-state index in [-0.39, 0.29) is 53.4 Å². The molecule has 1 saturated heterocycles. The first-order valence-electron chi connectivity index (χ1n) is 20.6. The Morgan fingerprint density at radius 3 is 2.42 bits per heavy atom. The van der Waals surface area contributed by atoms with E-state index >= 15 is 9.18 Å². The zero-order valence-corrected chi connectivity index (χ0v) is 34.5. The second kappa shape index (κ2) is 14.1. The number of ether oxygens (including phenoxy) is 1. The highest BCUT2D eigenvalue weighted by Crippen LogP contribution is 2.51. The summed E-state index contributed by atoms with van der Waals surface area (Å²) in [6, 6.07) is 15.5. The fourth-order valence-corrected chi connectivity index (χ4v) is 9.52. The van der Waals surface area contributed by atoms with E-state index in [4.69, 9.17) is 20.1 Å². The molecule has 1 aliphatic carbocycles. The number of nitrogens with zero attached hydrogens (tertiary/aromatic N) is 7. The van der Waals surface area contributed by atoms with Crippen LogP contribution in [0.5, 0.6) is 0 Å². The summed E-state index contributed by atoms with van der Waals surface area (Å²) >= 11 is 0. The number of H-pyrrole nitrogens is 1. The van der Waals surface area contributed by atoms with Gasteiger partial charge in [-0.2, -0.15) is 5.10 Å². The summed E-state index contributed by atoms with van der Waals surface area (Å²) in [6.07, 6.45) is 6.08. The first-order chi connectivity index (χ1) is 29.6. The van der Waals surface area contributed by atoms with Crippen LogP contribution >= 0.6 is 0 Å². The number of benzene rings is 3. The number of aromatic nitrogens is 7. The fourth-order valence-electron chi connectivity index (χ4n) is 9.52. The molecule has 62 heavy (non-hydrogen) atoms. The number of primary amides is 1. The highest BCUT2D eigenvalue weighted by atomic mass is 19.1. The van der Waals surface area contributed by atoms with Gasteiger partial charge in [0.2, 0.25) is 0 Å². The number of carbonyl (C=O) groups excluding carboxylic acids is 2. The molecule has 15 nitrogen and oxygen atoms in total. The highest BCUT2D eigenvalue weighted by molar-refractivity contribution is 5.99. The lowest BCUT2D eigenvalue weighted by molar-refractivity contribution is -0.0592. The van der Waals surface area contributed by atoms with Crippen molar-refractivity contribution in [1.82, 2.24) is 38.5 Å². The van der Waals surface area contributed by atoms with E-state index in [1.807, 2.05) is 16.7 Å². The number of hydrogen-bond donors (Lipinski definition) is 2. The number of nitrogens with two attached hydrogens (primary N) is 1. The fraction of sp³-hybridized carbons (Fsp3) is 0.333. The Labute approximate surface area is 352 Å². The number of nitrogens with one attached hydrogen (secondary N) is 1. The van der Waals surface area contributed by atoms with Gasteiger partial charge in [0.05, 0.1) is 34.8 Å². The molecular formula is C45H43F2N9O6. The molecule has 0 radical (unpaired) electrons. The number of aryl methyl sites for hydroxylation is 2. The van der Waals surface area contributed by atoms with Gasteiger partial charge in [0.15, 0.2) is 11.6 Å². The molecule has 0 bridgehead atoms. The Bertz CT molecular complexity index is 3100. The third-order valence-electron chi connectivity index (χ3n) is 12.7. The van der Waals surface area contributed by atoms with Crippen LogP contribution in [-0.2, 0) is 23.2 Å². The Morgan fingerprint density at radius 2 is 1.73 bits per heavy atom. The zero-order chi connectivity index (χ0) is 43.4. The van der Waals surface area contributed by atoms with E-state index in [0.29, 0.717) is 65.5 Å². The first kappa shape index (κ1) is 39.3. The molecule has 0 spiro atoms. The van der Waals surface area contributed by atoms with Crippen LogP contribution in [0.3, 0.4) is 0 Å². The SMILES string of the molecule is Cc1cc(-n2nc3c(c2-n2ccn(-c4cccc(C(N)=O)c4F)c2=O)CN(C(=O)c2cc4cc([C@H]5CCOC(C)(C)C5)ccc4n2C2(c4noc(=O)[nH]4)CC2)CC3)cc(C)c1F. The van der Waals surface area contributed by atoms with Gasteiger partial charge in [0.25, 0.3) is 11.8 Å². The van der Waals surface area contributed by atoms with E-state index in [2.05, 4.69) is 36.1 Å². The van der Waals surface area contributed by atoms with Crippen molar-refractivity contribution < 1.29 is 27.6 Å². The number of halogens is 2. The predicted molar refractivity (Wildman–Crippen MR) is 222 cm³/mol. The summed E-state index contributed by atoms with van der Waals surface area (Å²) in [5.74, 6) is -2.42. The molecule has 2 aliphatic heterocycles. The van der Waals surface area contributed by atoms with Crippen LogP contribution < -0.4 is 17.2 Å². The molecule has 3 N–H and O–H groups in total. The second-order valence-corrected chi connectivity index (χ2v) is 17.3. The lowest BCUT2D eigenvalue weighted by Crippen LogP contribution is -2.38. The monoisotopic (exact) mass is 843 g/mol. The predicted octanol–water partition coefficient (Wildman–Crippen LogP) is 5.85. The van der Waals surface area contributed by atoms with Crippen molar-refractivity contribution in [1.29, 1.82) is 0 Å². The van der Waals surface area contributed by atoms with Crippen molar-refractivity contribution in [2.75, 3.05) is 13.2 Å². The molecule has 4 aromatic heterocycles. The smallest absolute Gasteiger partial charge is 0.376 e. The van der Waals surface area contributed by atoms with E-state index in [9.17, 15) is 18.8 Å². The van der Waals surface area contributed by atoms with Gasteiger partial charge in [-0.3, -0.25) is 28.2 Å². The molecule has 1 atom stereocenters. The highest BCUT2D eigenvalue weighted by Gasteiger charge is 2.52. The summed E-state index contributed by atoms with van der Waals surface area (Å²) in [5, 5.41) is 9.90. The molecule has 0 unspecified atom stereocenters. The van der Waals surface area contributed by atoms with Crippen LogP contribution in [0, 0.1) is 25.5 Å². The minimum absolute atomic E-state index is 0.0313. The van der Waals surface area contributed by atoms with Gasteiger partial charge in [0, 0.05) is 48.4 Å². The molecular weight excluding hydrogens is 801 g/mol. The van der Waals surface area contributed by atoms with Crippen LogP contribution in [0.1, 0.15) is 100 Å². The van der Waals surface area contributed by atoms with Crippen molar-refractivity contribution >= 4 is 22.7 Å². The van der Waals surface area contributed by atoms with Gasteiger partial charge < -0.3 is 19.9 Å². The maximum atomic E-state index is 15.6. The minimum atomic E-state index is -0.986.